The van der Waals surface area contributed by atoms with Crippen LogP contribution in [0.15, 0.2) is 24.3 Å². The third-order valence-electron chi connectivity index (χ3n) is 17.0. The molecule has 2 atom stereocenters. The van der Waals surface area contributed by atoms with E-state index in [0.29, 0.717) is 25.9 Å². The molecular formula is C73H141NO5. The van der Waals surface area contributed by atoms with Crippen molar-refractivity contribution >= 4 is 11.9 Å². The van der Waals surface area contributed by atoms with Gasteiger partial charge < -0.3 is 20.3 Å². The number of carbonyl (C=O) groups excluding carboxylic acids is 2. The van der Waals surface area contributed by atoms with Crippen molar-refractivity contribution < 1.29 is 24.5 Å². The molecular weight excluding hydrogens is 971 g/mol. The second-order valence-electron chi connectivity index (χ2n) is 24.9. The topological polar surface area (TPSA) is 95.9 Å². The Morgan fingerprint density at radius 3 is 0.899 bits per heavy atom. The van der Waals surface area contributed by atoms with Crippen LogP contribution in [0.3, 0.4) is 0 Å². The molecule has 0 radical (unpaired) electrons. The van der Waals surface area contributed by atoms with Gasteiger partial charge in [-0.05, 0) is 77.0 Å². The molecule has 0 aliphatic carbocycles. The summed E-state index contributed by atoms with van der Waals surface area (Å²) in [6, 6.07) is -0.544. The van der Waals surface area contributed by atoms with Crippen LogP contribution in [0.2, 0.25) is 0 Å². The van der Waals surface area contributed by atoms with E-state index in [-0.39, 0.29) is 18.5 Å². The molecule has 0 fully saturated rings. The SMILES string of the molecule is CCCCCCC/C=C\CCCCCCCC(=O)OCCCCCCCCCCCCCC/C=C\CCCCCCCCCCCCC(=O)NC(CO)C(O)CCCCCCCCCCCCCCCCCCCCCCCC. The third-order valence-corrected chi connectivity index (χ3v) is 17.0. The molecule has 79 heavy (non-hydrogen) atoms. The number of carbonyl (C=O) groups is 2. The Labute approximate surface area is 494 Å². The minimum Gasteiger partial charge on any atom is -0.466 e. The van der Waals surface area contributed by atoms with E-state index >= 15 is 0 Å². The first kappa shape index (κ1) is 77.3. The Morgan fingerprint density at radius 2 is 0.595 bits per heavy atom. The Bertz CT molecular complexity index is 1230. The number of unbranched alkanes of at least 4 members (excludes halogenated alkanes) is 53. The van der Waals surface area contributed by atoms with Crippen LogP contribution < -0.4 is 5.32 Å². The number of esters is 1. The highest BCUT2D eigenvalue weighted by molar-refractivity contribution is 5.76. The fourth-order valence-electron chi connectivity index (χ4n) is 11.5. The largest absolute Gasteiger partial charge is 0.466 e. The normalized spacial score (nSPS) is 12.6. The minimum atomic E-state index is -0.667. The van der Waals surface area contributed by atoms with Crippen LogP contribution in [0, 0.1) is 0 Å². The van der Waals surface area contributed by atoms with Crippen LogP contribution in [0.25, 0.3) is 0 Å². The fraction of sp³-hybridized carbons (Fsp3) is 0.918. The van der Waals surface area contributed by atoms with E-state index in [1.165, 1.54) is 327 Å². The predicted molar refractivity (Wildman–Crippen MR) is 347 cm³/mol. The van der Waals surface area contributed by atoms with Crippen molar-refractivity contribution in [1.82, 2.24) is 5.32 Å². The van der Waals surface area contributed by atoms with E-state index in [9.17, 15) is 19.8 Å². The molecule has 2 unspecified atom stereocenters. The fourth-order valence-corrected chi connectivity index (χ4v) is 11.5. The molecule has 0 aromatic carbocycles. The molecule has 0 aliphatic heterocycles. The van der Waals surface area contributed by atoms with Crippen LogP contribution >= 0.6 is 0 Å². The highest BCUT2D eigenvalue weighted by Gasteiger charge is 2.20. The zero-order valence-corrected chi connectivity index (χ0v) is 53.6. The maximum atomic E-state index is 12.6. The average molecular weight is 1110 g/mol. The lowest BCUT2D eigenvalue weighted by molar-refractivity contribution is -0.143. The Kier molecular flexibility index (Phi) is 67.4. The van der Waals surface area contributed by atoms with E-state index in [1.807, 2.05) is 0 Å². The molecule has 0 saturated carbocycles. The first-order valence-corrected chi connectivity index (χ1v) is 36.1. The summed E-state index contributed by atoms with van der Waals surface area (Å²) in [6.07, 6.45) is 86.6. The Balaban J connectivity index is 3.39. The summed E-state index contributed by atoms with van der Waals surface area (Å²) < 4.78 is 5.48. The molecule has 0 spiro atoms. The van der Waals surface area contributed by atoms with Crippen LogP contribution in [-0.2, 0) is 14.3 Å². The number of amides is 1. The summed E-state index contributed by atoms with van der Waals surface area (Å²) in [5.74, 6) is -0.0256. The van der Waals surface area contributed by atoms with Gasteiger partial charge in [-0.25, -0.2) is 0 Å². The van der Waals surface area contributed by atoms with E-state index < -0.39 is 12.1 Å². The summed E-state index contributed by atoms with van der Waals surface area (Å²) >= 11 is 0. The number of rotatable bonds is 68. The minimum absolute atomic E-state index is 0.00662. The molecule has 0 aliphatic rings. The van der Waals surface area contributed by atoms with Crippen molar-refractivity contribution in [3.05, 3.63) is 24.3 Å². The maximum absolute atomic E-state index is 12.6. The molecule has 0 heterocycles. The zero-order chi connectivity index (χ0) is 57.1. The molecule has 0 rings (SSSR count). The van der Waals surface area contributed by atoms with Gasteiger partial charge in [0.2, 0.25) is 5.91 Å². The Morgan fingerprint density at radius 1 is 0.342 bits per heavy atom. The molecule has 1 amide bonds. The van der Waals surface area contributed by atoms with E-state index in [2.05, 4.69) is 43.5 Å². The van der Waals surface area contributed by atoms with Gasteiger partial charge in [0, 0.05) is 12.8 Å². The highest BCUT2D eigenvalue weighted by atomic mass is 16.5. The van der Waals surface area contributed by atoms with Gasteiger partial charge in [0.15, 0.2) is 0 Å². The predicted octanol–water partition coefficient (Wildman–Crippen LogP) is 23.3. The number of allylic oxidation sites excluding steroid dienone is 4. The van der Waals surface area contributed by atoms with Crippen molar-refractivity contribution in [1.29, 1.82) is 0 Å². The average Bonchev–Trinajstić information content (AvgIpc) is 3.45. The van der Waals surface area contributed by atoms with Gasteiger partial charge in [0.1, 0.15) is 0 Å². The summed E-state index contributed by atoms with van der Waals surface area (Å²) in [4.78, 5) is 24.6. The summed E-state index contributed by atoms with van der Waals surface area (Å²) in [5.41, 5.74) is 0. The summed E-state index contributed by atoms with van der Waals surface area (Å²) in [6.45, 7) is 4.98. The van der Waals surface area contributed by atoms with Gasteiger partial charge in [0.25, 0.3) is 0 Å². The molecule has 3 N–H and O–H groups in total. The highest BCUT2D eigenvalue weighted by Crippen LogP contribution is 2.19. The van der Waals surface area contributed by atoms with Crippen molar-refractivity contribution in [3.8, 4) is 0 Å². The first-order valence-electron chi connectivity index (χ1n) is 36.1. The van der Waals surface area contributed by atoms with E-state index in [1.54, 1.807) is 0 Å². The van der Waals surface area contributed by atoms with Crippen molar-refractivity contribution in [2.75, 3.05) is 13.2 Å². The molecule has 0 aromatic rings. The lowest BCUT2D eigenvalue weighted by atomic mass is 10.0. The number of aliphatic hydroxyl groups excluding tert-OH is 2. The Hall–Kier alpha value is -1.66. The number of ether oxygens (including phenoxy) is 1. The lowest BCUT2D eigenvalue weighted by Crippen LogP contribution is -2.45. The van der Waals surface area contributed by atoms with Gasteiger partial charge in [0.05, 0.1) is 25.4 Å². The van der Waals surface area contributed by atoms with Crippen LogP contribution in [0.4, 0.5) is 0 Å². The first-order chi connectivity index (χ1) is 39.0. The molecule has 0 bridgehead atoms. The molecule has 0 aromatic heterocycles. The second kappa shape index (κ2) is 68.8. The smallest absolute Gasteiger partial charge is 0.305 e. The molecule has 468 valence electrons. The maximum Gasteiger partial charge on any atom is 0.305 e. The van der Waals surface area contributed by atoms with E-state index in [0.717, 1.165) is 44.9 Å². The molecule has 6 heteroatoms. The van der Waals surface area contributed by atoms with Gasteiger partial charge in [-0.2, -0.15) is 0 Å². The quantitative estimate of drug-likeness (QED) is 0.0320. The van der Waals surface area contributed by atoms with Crippen molar-refractivity contribution in [2.24, 2.45) is 0 Å². The molecule has 0 saturated heterocycles. The number of aliphatic hydroxyl groups is 2. The summed E-state index contributed by atoms with van der Waals surface area (Å²) in [7, 11) is 0. The number of hydrogen-bond donors (Lipinski definition) is 3. The summed E-state index contributed by atoms with van der Waals surface area (Å²) in [5, 5.41) is 23.4. The number of nitrogens with one attached hydrogen (secondary N) is 1. The van der Waals surface area contributed by atoms with Crippen LogP contribution in [0.5, 0.6) is 0 Å². The van der Waals surface area contributed by atoms with E-state index in [4.69, 9.17) is 4.74 Å². The van der Waals surface area contributed by atoms with Gasteiger partial charge in [-0.1, -0.05) is 340 Å². The lowest BCUT2D eigenvalue weighted by Gasteiger charge is -2.22. The molecule has 6 nitrogen and oxygen atoms in total. The van der Waals surface area contributed by atoms with Gasteiger partial charge in [-0.15, -0.1) is 0 Å². The van der Waals surface area contributed by atoms with Crippen LogP contribution in [0.1, 0.15) is 406 Å². The van der Waals surface area contributed by atoms with Crippen molar-refractivity contribution in [3.63, 3.8) is 0 Å². The third kappa shape index (κ3) is 65.4. The van der Waals surface area contributed by atoms with Crippen molar-refractivity contribution in [2.45, 2.75) is 418 Å². The van der Waals surface area contributed by atoms with Gasteiger partial charge >= 0.3 is 5.97 Å². The number of hydrogen-bond acceptors (Lipinski definition) is 5. The zero-order valence-electron chi connectivity index (χ0n) is 53.6. The monoisotopic (exact) mass is 1110 g/mol. The second-order valence-corrected chi connectivity index (χ2v) is 24.9. The van der Waals surface area contributed by atoms with Gasteiger partial charge in [-0.3, -0.25) is 9.59 Å². The standard InChI is InChI=1S/C73H141NO5/c1-3-5-7-9-11-13-15-17-19-20-21-22-29-32-35-38-41-45-49-53-57-61-65-71(76)70(69-75)74-72(77)66-62-58-54-50-46-42-39-36-33-30-27-25-23-24-26-28-31-34-37-40-44-48-52-56-60-64-68-79-73(78)67-63-59-55-51-47-43-18-16-14-12-10-8-6-4-2/h16,18,23,25,70-71,75-76H,3-15,17,19-22,24,26-69H2,1-2H3,(H,74,77)/b18-16-,25-23-. The van der Waals surface area contributed by atoms with Crippen LogP contribution in [-0.4, -0.2) is 47.4 Å².